The standard InChI is InChI=1S/C12H10BrN3O/c13-11-4-2-1-3-9(11)5-6-12(17)16-10-7-14-15-8-10/h1-8H,(H,14,15)(H,16,17)/b6-5+. The van der Waals surface area contributed by atoms with Crippen LogP contribution >= 0.6 is 15.9 Å². The molecule has 2 rings (SSSR count). The van der Waals surface area contributed by atoms with E-state index in [1.165, 1.54) is 6.08 Å². The Labute approximate surface area is 107 Å². The molecule has 86 valence electrons. The van der Waals surface area contributed by atoms with Gasteiger partial charge in [-0.3, -0.25) is 9.89 Å². The van der Waals surface area contributed by atoms with Crippen LogP contribution in [0.4, 0.5) is 5.69 Å². The lowest BCUT2D eigenvalue weighted by Crippen LogP contribution is -2.06. The molecule has 0 bridgehead atoms. The Morgan fingerprint density at radius 1 is 1.41 bits per heavy atom. The van der Waals surface area contributed by atoms with E-state index in [2.05, 4.69) is 31.4 Å². The Balaban J connectivity index is 2.01. The molecule has 0 spiro atoms. The van der Waals surface area contributed by atoms with Crippen molar-refractivity contribution in [2.24, 2.45) is 0 Å². The molecule has 1 amide bonds. The number of halogens is 1. The molecular formula is C12H10BrN3O. The highest BCUT2D eigenvalue weighted by atomic mass is 79.9. The van der Waals surface area contributed by atoms with E-state index >= 15 is 0 Å². The summed E-state index contributed by atoms with van der Waals surface area (Å²) in [5.74, 6) is -0.192. The van der Waals surface area contributed by atoms with Crippen LogP contribution in [-0.2, 0) is 4.79 Å². The molecule has 0 saturated carbocycles. The summed E-state index contributed by atoms with van der Waals surface area (Å²) in [7, 11) is 0. The van der Waals surface area contributed by atoms with Crippen LogP contribution in [-0.4, -0.2) is 16.1 Å². The summed E-state index contributed by atoms with van der Waals surface area (Å²) in [5.41, 5.74) is 1.60. The van der Waals surface area contributed by atoms with Gasteiger partial charge in [0.15, 0.2) is 0 Å². The first kappa shape index (κ1) is 11.6. The van der Waals surface area contributed by atoms with E-state index < -0.39 is 0 Å². The first-order valence-electron chi connectivity index (χ1n) is 4.98. The van der Waals surface area contributed by atoms with Crippen LogP contribution in [0.25, 0.3) is 6.08 Å². The molecule has 0 unspecified atom stereocenters. The molecule has 1 heterocycles. The van der Waals surface area contributed by atoms with E-state index in [9.17, 15) is 4.79 Å². The van der Waals surface area contributed by atoms with Crippen molar-refractivity contribution < 1.29 is 4.79 Å². The average Bonchev–Trinajstić information content (AvgIpc) is 2.81. The Bertz CT molecular complexity index is 534. The maximum atomic E-state index is 11.5. The van der Waals surface area contributed by atoms with Gasteiger partial charge in [0.25, 0.3) is 0 Å². The number of nitrogens with zero attached hydrogens (tertiary/aromatic N) is 1. The largest absolute Gasteiger partial charge is 0.320 e. The molecule has 17 heavy (non-hydrogen) atoms. The molecule has 0 atom stereocenters. The summed E-state index contributed by atoms with van der Waals surface area (Å²) in [6.45, 7) is 0. The maximum Gasteiger partial charge on any atom is 0.248 e. The number of H-pyrrole nitrogens is 1. The number of hydrogen-bond acceptors (Lipinski definition) is 2. The molecular weight excluding hydrogens is 282 g/mol. The monoisotopic (exact) mass is 291 g/mol. The third-order valence-electron chi connectivity index (χ3n) is 2.09. The number of rotatable bonds is 3. The highest BCUT2D eigenvalue weighted by molar-refractivity contribution is 9.10. The number of anilines is 1. The van der Waals surface area contributed by atoms with Gasteiger partial charge in [-0.25, -0.2) is 0 Å². The normalized spacial score (nSPS) is 10.6. The summed E-state index contributed by atoms with van der Waals surface area (Å²) in [6.07, 6.45) is 6.39. The summed E-state index contributed by atoms with van der Waals surface area (Å²) in [6, 6.07) is 7.69. The van der Waals surface area contributed by atoms with Gasteiger partial charge >= 0.3 is 0 Å². The summed E-state index contributed by atoms with van der Waals surface area (Å²) in [5, 5.41) is 9.03. The Kier molecular flexibility index (Phi) is 3.72. The van der Waals surface area contributed by atoms with Crippen molar-refractivity contribution in [3.05, 3.63) is 52.8 Å². The fourth-order valence-electron chi connectivity index (χ4n) is 1.28. The van der Waals surface area contributed by atoms with Gasteiger partial charge in [-0.1, -0.05) is 34.1 Å². The van der Waals surface area contributed by atoms with Gasteiger partial charge < -0.3 is 5.32 Å². The zero-order valence-corrected chi connectivity index (χ0v) is 10.4. The number of amides is 1. The van der Waals surface area contributed by atoms with Crippen molar-refractivity contribution in [3.8, 4) is 0 Å². The van der Waals surface area contributed by atoms with Gasteiger partial charge in [0.05, 0.1) is 11.9 Å². The van der Waals surface area contributed by atoms with Crippen LogP contribution in [0.15, 0.2) is 47.2 Å². The molecule has 0 aliphatic carbocycles. The fraction of sp³-hybridized carbons (Fsp3) is 0. The van der Waals surface area contributed by atoms with Crippen molar-refractivity contribution in [2.75, 3.05) is 5.32 Å². The predicted octanol–water partition coefficient (Wildman–Crippen LogP) is 2.82. The van der Waals surface area contributed by atoms with E-state index in [-0.39, 0.29) is 5.91 Å². The van der Waals surface area contributed by atoms with E-state index in [0.29, 0.717) is 5.69 Å². The lowest BCUT2D eigenvalue weighted by molar-refractivity contribution is -0.111. The van der Waals surface area contributed by atoms with E-state index in [1.54, 1.807) is 18.5 Å². The van der Waals surface area contributed by atoms with E-state index in [0.717, 1.165) is 10.0 Å². The number of aromatic amines is 1. The zero-order valence-electron chi connectivity index (χ0n) is 8.85. The molecule has 0 aliphatic heterocycles. The molecule has 4 nitrogen and oxygen atoms in total. The Morgan fingerprint density at radius 2 is 2.24 bits per heavy atom. The highest BCUT2D eigenvalue weighted by Gasteiger charge is 1.99. The van der Waals surface area contributed by atoms with Crippen molar-refractivity contribution >= 4 is 33.6 Å². The fourth-order valence-corrected chi connectivity index (χ4v) is 1.70. The van der Waals surface area contributed by atoms with Crippen LogP contribution in [0, 0.1) is 0 Å². The smallest absolute Gasteiger partial charge is 0.248 e. The zero-order chi connectivity index (χ0) is 12.1. The molecule has 2 aromatic rings. The number of carbonyl (C=O) groups is 1. The molecule has 5 heteroatoms. The molecule has 1 aromatic carbocycles. The minimum Gasteiger partial charge on any atom is -0.320 e. The molecule has 0 radical (unpaired) electrons. The second-order valence-electron chi connectivity index (χ2n) is 3.33. The SMILES string of the molecule is O=C(/C=C/c1ccccc1Br)Nc1cn[nH]c1. The van der Waals surface area contributed by atoms with Crippen LogP contribution in [0.2, 0.25) is 0 Å². The Morgan fingerprint density at radius 3 is 2.94 bits per heavy atom. The van der Waals surface area contributed by atoms with E-state index in [1.807, 2.05) is 24.3 Å². The number of aromatic nitrogens is 2. The van der Waals surface area contributed by atoms with Crippen molar-refractivity contribution in [3.63, 3.8) is 0 Å². The molecule has 0 aliphatic rings. The number of nitrogens with one attached hydrogen (secondary N) is 2. The molecule has 0 saturated heterocycles. The van der Waals surface area contributed by atoms with E-state index in [4.69, 9.17) is 0 Å². The summed E-state index contributed by atoms with van der Waals surface area (Å²) >= 11 is 3.41. The summed E-state index contributed by atoms with van der Waals surface area (Å²) < 4.78 is 0.951. The lowest BCUT2D eigenvalue weighted by Gasteiger charge is -1.98. The van der Waals surface area contributed by atoms with Crippen molar-refractivity contribution in [2.45, 2.75) is 0 Å². The van der Waals surface area contributed by atoms with Gasteiger partial charge in [-0.15, -0.1) is 0 Å². The van der Waals surface area contributed by atoms with Crippen LogP contribution in [0.3, 0.4) is 0 Å². The Hall–Kier alpha value is -1.88. The molecule has 2 N–H and O–H groups in total. The second-order valence-corrected chi connectivity index (χ2v) is 4.19. The van der Waals surface area contributed by atoms with Gasteiger partial charge in [-0.2, -0.15) is 5.10 Å². The van der Waals surface area contributed by atoms with Crippen LogP contribution in [0.1, 0.15) is 5.56 Å². The minimum atomic E-state index is -0.192. The van der Waals surface area contributed by atoms with Crippen molar-refractivity contribution in [1.29, 1.82) is 0 Å². The number of hydrogen-bond donors (Lipinski definition) is 2. The van der Waals surface area contributed by atoms with Gasteiger partial charge in [0.1, 0.15) is 0 Å². The highest BCUT2D eigenvalue weighted by Crippen LogP contribution is 2.17. The summed E-state index contributed by atoms with van der Waals surface area (Å²) in [4.78, 5) is 11.5. The third-order valence-corrected chi connectivity index (χ3v) is 2.81. The van der Waals surface area contributed by atoms with Crippen LogP contribution < -0.4 is 5.32 Å². The average molecular weight is 292 g/mol. The predicted molar refractivity (Wildman–Crippen MR) is 70.4 cm³/mol. The molecule has 0 fully saturated rings. The topological polar surface area (TPSA) is 57.8 Å². The lowest BCUT2D eigenvalue weighted by atomic mass is 10.2. The van der Waals surface area contributed by atoms with Gasteiger partial charge in [0.2, 0.25) is 5.91 Å². The van der Waals surface area contributed by atoms with Gasteiger partial charge in [-0.05, 0) is 17.7 Å². The number of carbonyl (C=O) groups excluding carboxylic acids is 1. The minimum absolute atomic E-state index is 0.192. The van der Waals surface area contributed by atoms with Crippen molar-refractivity contribution in [1.82, 2.24) is 10.2 Å². The van der Waals surface area contributed by atoms with Gasteiger partial charge in [0, 0.05) is 16.7 Å². The quantitative estimate of drug-likeness (QED) is 0.855. The first-order valence-corrected chi connectivity index (χ1v) is 5.77. The van der Waals surface area contributed by atoms with Crippen LogP contribution in [0.5, 0.6) is 0 Å². The maximum absolute atomic E-state index is 11.5. The first-order chi connectivity index (χ1) is 8.25. The number of benzene rings is 1. The second kappa shape index (κ2) is 5.45. The third kappa shape index (κ3) is 3.29. The molecule has 1 aromatic heterocycles.